The topological polar surface area (TPSA) is 46.4 Å². The number of hydrogen-bond donors (Lipinski definition) is 1. The third-order valence-electron chi connectivity index (χ3n) is 4.30. The van der Waals surface area contributed by atoms with Crippen LogP contribution in [0.25, 0.3) is 16.2 Å². The first kappa shape index (κ1) is 16.5. The van der Waals surface area contributed by atoms with Gasteiger partial charge < -0.3 is 5.32 Å². The van der Waals surface area contributed by atoms with Crippen LogP contribution in [0.4, 0.5) is 5.69 Å². The summed E-state index contributed by atoms with van der Waals surface area (Å²) in [5, 5.41) is 5.03. The van der Waals surface area contributed by atoms with Crippen molar-refractivity contribution in [1.29, 1.82) is 0 Å². The molecule has 0 radical (unpaired) electrons. The van der Waals surface area contributed by atoms with Crippen molar-refractivity contribution in [3.8, 4) is 11.3 Å². The summed E-state index contributed by atoms with van der Waals surface area (Å²) in [7, 11) is 0. The van der Waals surface area contributed by atoms with Gasteiger partial charge in [-0.25, -0.2) is 4.98 Å². The molecule has 0 aliphatic heterocycles. The largest absolute Gasteiger partial charge is 0.326 e. The summed E-state index contributed by atoms with van der Waals surface area (Å²) in [6, 6.07) is 18.0. The monoisotopic (exact) mass is 361 g/mol. The van der Waals surface area contributed by atoms with Crippen LogP contribution in [0, 0.1) is 6.92 Å². The molecule has 26 heavy (non-hydrogen) atoms. The number of hydrogen-bond acceptors (Lipinski definition) is 3. The van der Waals surface area contributed by atoms with E-state index in [1.807, 2.05) is 55.6 Å². The Labute approximate surface area is 156 Å². The van der Waals surface area contributed by atoms with Gasteiger partial charge >= 0.3 is 0 Å². The number of thiazole rings is 1. The van der Waals surface area contributed by atoms with Crippen molar-refractivity contribution in [2.45, 2.75) is 19.8 Å². The first-order chi connectivity index (χ1) is 12.7. The Morgan fingerprint density at radius 1 is 1.12 bits per heavy atom. The number of aromatic nitrogens is 2. The number of carbonyl (C=O) groups is 1. The van der Waals surface area contributed by atoms with Gasteiger partial charge in [0.2, 0.25) is 5.91 Å². The fourth-order valence-electron chi connectivity index (χ4n) is 2.86. The molecule has 4 aromatic rings. The maximum atomic E-state index is 12.2. The minimum absolute atomic E-state index is 0.0246. The van der Waals surface area contributed by atoms with Gasteiger partial charge in [0.15, 0.2) is 4.96 Å². The molecule has 2 heterocycles. The lowest BCUT2D eigenvalue weighted by molar-refractivity contribution is -0.116. The summed E-state index contributed by atoms with van der Waals surface area (Å²) in [4.78, 5) is 17.9. The van der Waals surface area contributed by atoms with E-state index in [1.165, 1.54) is 5.56 Å². The van der Waals surface area contributed by atoms with Crippen LogP contribution in [0.3, 0.4) is 0 Å². The van der Waals surface area contributed by atoms with Crippen LogP contribution in [0.15, 0.2) is 66.2 Å². The van der Waals surface area contributed by atoms with Crippen LogP contribution in [0.1, 0.15) is 17.7 Å². The average Bonchev–Trinajstić information content (AvgIpc) is 3.24. The zero-order valence-electron chi connectivity index (χ0n) is 14.5. The highest BCUT2D eigenvalue weighted by Crippen LogP contribution is 2.24. The smallest absolute Gasteiger partial charge is 0.224 e. The normalized spacial score (nSPS) is 11.0. The standard InChI is InChI=1S/C21H19N3OS/c1-15-7-9-17(10-8-15)22-20(25)12-11-18-14-26-21-23-19(13-24(18)21)16-5-3-2-4-6-16/h2-10,13-14H,11-12H2,1H3,(H,22,25). The van der Waals surface area contributed by atoms with Crippen molar-refractivity contribution in [3.63, 3.8) is 0 Å². The van der Waals surface area contributed by atoms with Crippen LogP contribution < -0.4 is 5.32 Å². The summed E-state index contributed by atoms with van der Waals surface area (Å²) >= 11 is 1.61. The lowest BCUT2D eigenvalue weighted by Gasteiger charge is -2.05. The van der Waals surface area contributed by atoms with Gasteiger partial charge in [-0.15, -0.1) is 11.3 Å². The third-order valence-corrected chi connectivity index (χ3v) is 5.19. The molecule has 0 spiro atoms. The number of nitrogens with zero attached hydrogens (tertiary/aromatic N) is 2. The molecule has 0 fully saturated rings. The number of nitrogens with one attached hydrogen (secondary N) is 1. The Balaban J connectivity index is 1.45. The number of imidazole rings is 1. The fraction of sp³-hybridized carbons (Fsp3) is 0.143. The number of amides is 1. The Kier molecular flexibility index (Phi) is 4.54. The van der Waals surface area contributed by atoms with E-state index in [2.05, 4.69) is 32.2 Å². The Morgan fingerprint density at radius 3 is 2.65 bits per heavy atom. The zero-order valence-corrected chi connectivity index (χ0v) is 15.3. The van der Waals surface area contributed by atoms with Gasteiger partial charge in [0, 0.05) is 34.9 Å². The molecule has 1 amide bonds. The first-order valence-electron chi connectivity index (χ1n) is 8.56. The summed E-state index contributed by atoms with van der Waals surface area (Å²) < 4.78 is 2.09. The number of benzene rings is 2. The van der Waals surface area contributed by atoms with E-state index in [0.717, 1.165) is 27.6 Å². The lowest BCUT2D eigenvalue weighted by atomic mass is 10.2. The second-order valence-electron chi connectivity index (χ2n) is 6.29. The Hall–Kier alpha value is -2.92. The van der Waals surface area contributed by atoms with Gasteiger partial charge in [-0.3, -0.25) is 9.20 Å². The molecule has 4 rings (SSSR count). The van der Waals surface area contributed by atoms with Crippen molar-refractivity contribution in [2.24, 2.45) is 0 Å². The molecule has 2 aromatic heterocycles. The molecular formula is C21H19N3OS. The van der Waals surface area contributed by atoms with Gasteiger partial charge in [-0.1, -0.05) is 48.0 Å². The SMILES string of the molecule is Cc1ccc(NC(=O)CCc2csc3nc(-c4ccccc4)cn23)cc1. The third kappa shape index (κ3) is 3.53. The predicted molar refractivity (Wildman–Crippen MR) is 107 cm³/mol. The summed E-state index contributed by atoms with van der Waals surface area (Å²) in [6.07, 6.45) is 3.18. The van der Waals surface area contributed by atoms with Gasteiger partial charge in [-0.2, -0.15) is 0 Å². The van der Waals surface area contributed by atoms with E-state index >= 15 is 0 Å². The Morgan fingerprint density at radius 2 is 1.88 bits per heavy atom. The van der Waals surface area contributed by atoms with Crippen LogP contribution in [-0.2, 0) is 11.2 Å². The van der Waals surface area contributed by atoms with Crippen LogP contribution >= 0.6 is 11.3 Å². The summed E-state index contributed by atoms with van der Waals surface area (Å²) in [5.41, 5.74) is 5.19. The first-order valence-corrected chi connectivity index (χ1v) is 9.44. The van der Waals surface area contributed by atoms with Crippen molar-refractivity contribution in [1.82, 2.24) is 9.38 Å². The molecule has 1 N–H and O–H groups in total. The molecule has 0 saturated carbocycles. The molecule has 2 aromatic carbocycles. The zero-order chi connectivity index (χ0) is 17.9. The number of aryl methyl sites for hydroxylation is 2. The second kappa shape index (κ2) is 7.14. The molecule has 0 unspecified atom stereocenters. The highest BCUT2D eigenvalue weighted by atomic mass is 32.1. The molecule has 0 aliphatic rings. The van der Waals surface area contributed by atoms with Gasteiger partial charge in [-0.05, 0) is 25.5 Å². The quantitative estimate of drug-likeness (QED) is 0.547. The minimum Gasteiger partial charge on any atom is -0.326 e. The minimum atomic E-state index is 0.0246. The van der Waals surface area contributed by atoms with E-state index in [1.54, 1.807) is 11.3 Å². The molecule has 0 atom stereocenters. The molecule has 130 valence electrons. The van der Waals surface area contributed by atoms with Gasteiger partial charge in [0.05, 0.1) is 5.69 Å². The number of anilines is 1. The van der Waals surface area contributed by atoms with Gasteiger partial charge in [0.25, 0.3) is 0 Å². The highest BCUT2D eigenvalue weighted by molar-refractivity contribution is 7.15. The Bertz CT molecular complexity index is 1030. The molecule has 0 aliphatic carbocycles. The predicted octanol–water partition coefficient (Wildman–Crippen LogP) is 4.94. The number of rotatable bonds is 5. The molecule has 4 nitrogen and oxygen atoms in total. The number of fused-ring (bicyclic) bond motifs is 1. The van der Waals surface area contributed by atoms with Crippen LogP contribution in [0.5, 0.6) is 0 Å². The average molecular weight is 361 g/mol. The molecule has 0 saturated heterocycles. The second-order valence-corrected chi connectivity index (χ2v) is 7.12. The van der Waals surface area contributed by atoms with E-state index in [9.17, 15) is 4.79 Å². The molecule has 5 heteroatoms. The molecule has 0 bridgehead atoms. The van der Waals surface area contributed by atoms with Crippen molar-refractivity contribution in [3.05, 3.63) is 77.4 Å². The van der Waals surface area contributed by atoms with E-state index < -0.39 is 0 Å². The lowest BCUT2D eigenvalue weighted by Crippen LogP contribution is -2.12. The van der Waals surface area contributed by atoms with Gasteiger partial charge in [0.1, 0.15) is 0 Å². The van der Waals surface area contributed by atoms with Crippen molar-refractivity contribution in [2.75, 3.05) is 5.32 Å². The summed E-state index contributed by atoms with van der Waals surface area (Å²) in [6.45, 7) is 2.03. The summed E-state index contributed by atoms with van der Waals surface area (Å²) in [5.74, 6) is 0.0246. The van der Waals surface area contributed by atoms with Crippen LogP contribution in [0.2, 0.25) is 0 Å². The molecular weight excluding hydrogens is 342 g/mol. The number of carbonyl (C=O) groups excluding carboxylic acids is 1. The highest BCUT2D eigenvalue weighted by Gasteiger charge is 2.11. The maximum absolute atomic E-state index is 12.2. The van der Waals surface area contributed by atoms with Crippen molar-refractivity contribution < 1.29 is 4.79 Å². The fourth-order valence-corrected chi connectivity index (χ4v) is 3.77. The van der Waals surface area contributed by atoms with E-state index in [-0.39, 0.29) is 5.91 Å². The van der Waals surface area contributed by atoms with E-state index in [0.29, 0.717) is 12.8 Å². The van der Waals surface area contributed by atoms with Crippen LogP contribution in [-0.4, -0.2) is 15.3 Å². The van der Waals surface area contributed by atoms with E-state index in [4.69, 9.17) is 0 Å². The maximum Gasteiger partial charge on any atom is 0.224 e. The van der Waals surface area contributed by atoms with Crippen molar-refractivity contribution >= 4 is 27.9 Å².